The largest absolute Gasteiger partial charge is 0.496 e. The van der Waals surface area contributed by atoms with Gasteiger partial charge in [0.1, 0.15) is 24.9 Å². The van der Waals surface area contributed by atoms with E-state index in [0.717, 1.165) is 40.1 Å². The van der Waals surface area contributed by atoms with Gasteiger partial charge in [-0.15, -0.1) is 0 Å². The summed E-state index contributed by atoms with van der Waals surface area (Å²) < 4.78 is 7.10. The van der Waals surface area contributed by atoms with Crippen LogP contribution in [0.1, 0.15) is 34.0 Å². The summed E-state index contributed by atoms with van der Waals surface area (Å²) in [5.74, 6) is 0.877. The SMILES string of the molecule is COc1ccc([C@@H]2c3[nH]c4ccccc4c3CCN2C(=O)Cn2cncn2)c(C)c1C. The standard InChI is InChI=1S/C24H25N5O2/c1-15-16(2)21(31-3)9-8-17(15)24-23-19(18-6-4-5-7-20(18)27-23)10-11-29(24)22(30)12-28-14-25-13-26-28/h4-9,13-14,24,27H,10-12H2,1-3H3/t24-/m1/s1. The zero-order chi connectivity index (χ0) is 21.5. The van der Waals surface area contributed by atoms with Crippen LogP contribution in [0, 0.1) is 13.8 Å². The molecule has 0 fully saturated rings. The van der Waals surface area contributed by atoms with Crippen LogP contribution in [0.5, 0.6) is 5.75 Å². The number of H-pyrrole nitrogens is 1. The van der Waals surface area contributed by atoms with Crippen LogP contribution in [0.4, 0.5) is 0 Å². The maximum absolute atomic E-state index is 13.4. The normalized spacial score (nSPS) is 15.8. The Morgan fingerprint density at radius 2 is 2.03 bits per heavy atom. The number of carbonyl (C=O) groups is 1. The van der Waals surface area contributed by atoms with Crippen LogP contribution in [0.2, 0.25) is 0 Å². The number of fused-ring (bicyclic) bond motifs is 3. The number of rotatable bonds is 4. The highest BCUT2D eigenvalue weighted by atomic mass is 16.5. The number of carbonyl (C=O) groups excluding carboxylic acids is 1. The topological polar surface area (TPSA) is 76.0 Å². The molecule has 5 rings (SSSR count). The summed E-state index contributed by atoms with van der Waals surface area (Å²) in [7, 11) is 1.69. The lowest BCUT2D eigenvalue weighted by Crippen LogP contribution is -2.42. The smallest absolute Gasteiger partial charge is 0.245 e. The summed E-state index contributed by atoms with van der Waals surface area (Å²) in [4.78, 5) is 23.0. The third kappa shape index (κ3) is 3.17. The van der Waals surface area contributed by atoms with Gasteiger partial charge in [-0.3, -0.25) is 4.79 Å². The van der Waals surface area contributed by atoms with Crippen molar-refractivity contribution < 1.29 is 9.53 Å². The van der Waals surface area contributed by atoms with E-state index in [1.807, 2.05) is 17.0 Å². The first-order valence-corrected chi connectivity index (χ1v) is 10.4. The van der Waals surface area contributed by atoms with Gasteiger partial charge in [-0.1, -0.05) is 24.3 Å². The van der Waals surface area contributed by atoms with Crippen molar-refractivity contribution in [3.05, 3.63) is 77.0 Å². The molecule has 2 aromatic heterocycles. The molecular formula is C24H25N5O2. The zero-order valence-corrected chi connectivity index (χ0v) is 17.9. The Kier molecular flexibility index (Phi) is 4.73. The quantitative estimate of drug-likeness (QED) is 0.553. The van der Waals surface area contributed by atoms with E-state index in [4.69, 9.17) is 4.74 Å². The van der Waals surface area contributed by atoms with Crippen LogP contribution in [0.3, 0.4) is 0 Å². The molecule has 2 aromatic carbocycles. The first-order chi connectivity index (χ1) is 15.1. The Balaban J connectivity index is 1.65. The van der Waals surface area contributed by atoms with Crippen molar-refractivity contribution in [2.45, 2.75) is 32.9 Å². The molecule has 1 atom stereocenters. The molecule has 158 valence electrons. The number of methoxy groups -OCH3 is 1. The van der Waals surface area contributed by atoms with Crippen molar-refractivity contribution >= 4 is 16.8 Å². The first kappa shape index (κ1) is 19.4. The second kappa shape index (κ2) is 7.58. The van der Waals surface area contributed by atoms with Gasteiger partial charge in [-0.25, -0.2) is 9.67 Å². The average Bonchev–Trinajstić information content (AvgIpc) is 3.42. The lowest BCUT2D eigenvalue weighted by Gasteiger charge is -2.37. The average molecular weight is 415 g/mol. The molecule has 0 aliphatic carbocycles. The minimum atomic E-state index is -0.197. The molecule has 4 aromatic rings. The van der Waals surface area contributed by atoms with Crippen LogP contribution < -0.4 is 4.74 Å². The minimum Gasteiger partial charge on any atom is -0.496 e. The van der Waals surface area contributed by atoms with Crippen molar-refractivity contribution in [3.8, 4) is 5.75 Å². The van der Waals surface area contributed by atoms with E-state index >= 15 is 0 Å². The zero-order valence-electron chi connectivity index (χ0n) is 17.9. The predicted octanol–water partition coefficient (Wildman–Crippen LogP) is 3.56. The monoisotopic (exact) mass is 415 g/mol. The highest BCUT2D eigenvalue weighted by molar-refractivity contribution is 5.86. The molecule has 1 amide bonds. The molecule has 0 spiro atoms. The van der Waals surface area contributed by atoms with Gasteiger partial charge in [0.25, 0.3) is 0 Å². The molecule has 31 heavy (non-hydrogen) atoms. The molecule has 0 bridgehead atoms. The third-order valence-electron chi connectivity index (χ3n) is 6.41. The van der Waals surface area contributed by atoms with Gasteiger partial charge in [0.15, 0.2) is 0 Å². The van der Waals surface area contributed by atoms with Crippen LogP contribution in [0.25, 0.3) is 10.9 Å². The highest BCUT2D eigenvalue weighted by Crippen LogP contribution is 2.41. The molecule has 0 saturated heterocycles. The molecule has 3 heterocycles. The van der Waals surface area contributed by atoms with Crippen molar-refractivity contribution in [1.82, 2.24) is 24.6 Å². The van der Waals surface area contributed by atoms with E-state index in [2.05, 4.69) is 53.2 Å². The van der Waals surface area contributed by atoms with Gasteiger partial charge in [0.2, 0.25) is 5.91 Å². The molecule has 0 radical (unpaired) electrons. The van der Waals surface area contributed by atoms with Crippen LogP contribution in [-0.4, -0.2) is 44.2 Å². The van der Waals surface area contributed by atoms with Crippen molar-refractivity contribution in [2.75, 3.05) is 13.7 Å². The summed E-state index contributed by atoms with van der Waals surface area (Å²) in [6, 6.07) is 12.2. The Bertz CT molecular complexity index is 1260. The van der Waals surface area contributed by atoms with E-state index in [1.165, 1.54) is 17.3 Å². The van der Waals surface area contributed by atoms with Gasteiger partial charge in [-0.2, -0.15) is 5.10 Å². The van der Waals surface area contributed by atoms with Crippen molar-refractivity contribution in [2.24, 2.45) is 0 Å². The van der Waals surface area contributed by atoms with E-state index < -0.39 is 0 Å². The summed E-state index contributed by atoms with van der Waals surface area (Å²) >= 11 is 0. The molecule has 0 unspecified atom stereocenters. The third-order valence-corrected chi connectivity index (χ3v) is 6.41. The Hall–Kier alpha value is -3.61. The summed E-state index contributed by atoms with van der Waals surface area (Å²) in [6.07, 6.45) is 3.84. The first-order valence-electron chi connectivity index (χ1n) is 10.4. The number of hydrogen-bond donors (Lipinski definition) is 1. The van der Waals surface area contributed by atoms with Crippen LogP contribution in [0.15, 0.2) is 49.1 Å². The molecule has 1 aliphatic heterocycles. The highest BCUT2D eigenvalue weighted by Gasteiger charge is 2.35. The number of nitrogens with one attached hydrogen (secondary N) is 1. The van der Waals surface area contributed by atoms with Gasteiger partial charge < -0.3 is 14.6 Å². The molecular weight excluding hydrogens is 390 g/mol. The molecule has 7 heteroatoms. The minimum absolute atomic E-state index is 0.0210. The number of aromatic amines is 1. The van der Waals surface area contributed by atoms with E-state index in [-0.39, 0.29) is 18.5 Å². The van der Waals surface area contributed by atoms with E-state index in [0.29, 0.717) is 6.54 Å². The maximum Gasteiger partial charge on any atom is 0.245 e. The fraction of sp³-hybridized carbons (Fsp3) is 0.292. The van der Waals surface area contributed by atoms with E-state index in [1.54, 1.807) is 18.1 Å². The predicted molar refractivity (Wildman–Crippen MR) is 118 cm³/mol. The number of ether oxygens (including phenoxy) is 1. The fourth-order valence-electron chi connectivity index (χ4n) is 4.71. The number of benzene rings is 2. The van der Waals surface area contributed by atoms with Gasteiger partial charge >= 0.3 is 0 Å². The second-order valence-electron chi connectivity index (χ2n) is 8.00. The van der Waals surface area contributed by atoms with Gasteiger partial charge in [0.05, 0.1) is 13.2 Å². The Morgan fingerprint density at radius 1 is 1.19 bits per heavy atom. The lowest BCUT2D eigenvalue weighted by molar-refractivity contribution is -0.134. The molecule has 7 nitrogen and oxygen atoms in total. The van der Waals surface area contributed by atoms with Gasteiger partial charge in [-0.05, 0) is 54.7 Å². The second-order valence-corrected chi connectivity index (χ2v) is 8.00. The number of aromatic nitrogens is 4. The number of nitrogens with zero attached hydrogens (tertiary/aromatic N) is 4. The van der Waals surface area contributed by atoms with E-state index in [9.17, 15) is 4.79 Å². The fourth-order valence-corrected chi connectivity index (χ4v) is 4.71. The van der Waals surface area contributed by atoms with Gasteiger partial charge in [0, 0.05) is 23.1 Å². The number of hydrogen-bond acceptors (Lipinski definition) is 4. The maximum atomic E-state index is 13.4. The Morgan fingerprint density at radius 3 is 2.81 bits per heavy atom. The molecule has 1 aliphatic rings. The summed E-state index contributed by atoms with van der Waals surface area (Å²) in [5, 5.41) is 5.35. The van der Waals surface area contributed by atoms with Crippen LogP contribution in [-0.2, 0) is 17.8 Å². The Labute approximate surface area is 180 Å². The lowest BCUT2D eigenvalue weighted by atomic mass is 9.88. The summed E-state index contributed by atoms with van der Waals surface area (Å²) in [5.41, 5.74) is 6.82. The van der Waals surface area contributed by atoms with Crippen molar-refractivity contribution in [3.63, 3.8) is 0 Å². The molecule has 1 N–H and O–H groups in total. The summed E-state index contributed by atoms with van der Waals surface area (Å²) in [6.45, 7) is 4.98. The van der Waals surface area contributed by atoms with Crippen LogP contribution >= 0.6 is 0 Å². The number of amides is 1. The van der Waals surface area contributed by atoms with Crippen molar-refractivity contribution in [1.29, 1.82) is 0 Å². The molecule has 0 saturated carbocycles. The number of para-hydroxylation sites is 1.